The average molecular weight is 217 g/mol. The Hall–Kier alpha value is -1.38. The Morgan fingerprint density at radius 3 is 2.88 bits per heavy atom. The number of aliphatic imine (C=N–C) groups is 2. The van der Waals surface area contributed by atoms with E-state index in [-0.39, 0.29) is 0 Å². The Morgan fingerprint density at radius 2 is 2.12 bits per heavy atom. The van der Waals surface area contributed by atoms with Gasteiger partial charge in [-0.3, -0.25) is 4.99 Å². The second-order valence-corrected chi connectivity index (χ2v) is 4.47. The van der Waals surface area contributed by atoms with Crippen molar-refractivity contribution in [3.05, 3.63) is 23.8 Å². The second kappa shape index (κ2) is 4.64. The van der Waals surface area contributed by atoms with Gasteiger partial charge in [0.2, 0.25) is 0 Å². The van der Waals surface area contributed by atoms with Crippen LogP contribution in [0.5, 0.6) is 0 Å². The fourth-order valence-corrected chi connectivity index (χ4v) is 2.16. The van der Waals surface area contributed by atoms with Gasteiger partial charge in [0.1, 0.15) is 11.7 Å². The highest BCUT2D eigenvalue weighted by atomic mass is 15.2. The molecule has 0 amide bonds. The first-order valence-electron chi connectivity index (χ1n) is 5.84. The number of amidine groups is 2. The number of hydrogen-bond acceptors (Lipinski definition) is 3. The van der Waals surface area contributed by atoms with Crippen molar-refractivity contribution in [2.75, 3.05) is 14.1 Å². The van der Waals surface area contributed by atoms with Crippen LogP contribution < -0.4 is 0 Å². The molecule has 0 aromatic rings. The van der Waals surface area contributed by atoms with Crippen LogP contribution in [0.1, 0.15) is 26.2 Å². The van der Waals surface area contributed by atoms with Crippen molar-refractivity contribution in [3.8, 4) is 0 Å². The van der Waals surface area contributed by atoms with E-state index in [2.05, 4.69) is 33.1 Å². The lowest BCUT2D eigenvalue weighted by atomic mass is 9.96. The Kier molecular flexibility index (Phi) is 3.22. The van der Waals surface area contributed by atoms with Crippen LogP contribution in [0.25, 0.3) is 0 Å². The van der Waals surface area contributed by atoms with E-state index in [4.69, 9.17) is 0 Å². The van der Waals surface area contributed by atoms with Crippen LogP contribution in [0, 0.1) is 0 Å². The van der Waals surface area contributed by atoms with Crippen molar-refractivity contribution in [1.29, 1.82) is 0 Å². The van der Waals surface area contributed by atoms with Crippen LogP contribution in [0.2, 0.25) is 0 Å². The van der Waals surface area contributed by atoms with Crippen molar-refractivity contribution in [2.24, 2.45) is 9.98 Å². The molecule has 1 aliphatic heterocycles. The van der Waals surface area contributed by atoms with Crippen molar-refractivity contribution in [2.45, 2.75) is 32.2 Å². The Balaban J connectivity index is 2.36. The lowest BCUT2D eigenvalue weighted by molar-refractivity contribution is 0.600. The lowest BCUT2D eigenvalue weighted by Gasteiger charge is -2.27. The topological polar surface area (TPSA) is 28.0 Å². The zero-order chi connectivity index (χ0) is 11.5. The molecule has 1 heterocycles. The fourth-order valence-electron chi connectivity index (χ4n) is 2.16. The van der Waals surface area contributed by atoms with Crippen molar-refractivity contribution in [1.82, 2.24) is 4.90 Å². The van der Waals surface area contributed by atoms with Gasteiger partial charge in [-0.25, -0.2) is 4.99 Å². The van der Waals surface area contributed by atoms with Crippen LogP contribution in [-0.2, 0) is 0 Å². The lowest BCUT2D eigenvalue weighted by Crippen LogP contribution is -2.33. The molecular formula is C13H19N3. The summed E-state index contributed by atoms with van der Waals surface area (Å²) in [6, 6.07) is 0.305. The minimum Gasteiger partial charge on any atom is -0.362 e. The predicted octanol–water partition coefficient (Wildman–Crippen LogP) is 2.41. The third kappa shape index (κ3) is 2.23. The monoisotopic (exact) mass is 217 g/mol. The molecule has 3 nitrogen and oxygen atoms in total. The second-order valence-electron chi connectivity index (χ2n) is 4.47. The average Bonchev–Trinajstić information content (AvgIpc) is 2.19. The number of allylic oxidation sites excluding steroid dienone is 3. The number of likely N-dealkylation sites (N-methyl/N-ethyl adjacent to an activating group) is 1. The molecule has 0 radical (unpaired) electrons. The minimum absolute atomic E-state index is 0.305. The van der Waals surface area contributed by atoms with E-state index in [9.17, 15) is 0 Å². The quantitative estimate of drug-likeness (QED) is 0.573. The van der Waals surface area contributed by atoms with Gasteiger partial charge in [-0.15, -0.1) is 0 Å². The molecule has 0 aromatic heterocycles. The molecule has 0 aromatic carbocycles. The standard InChI is InChI=1S/C13H19N3/c1-10-14-12-9-7-5-4-6-8-11(12)13(15-10)16(2)3/h4-5,8,12H,6-7,9H2,1-3H3/b5-4-,11-8+. The maximum absolute atomic E-state index is 4.64. The molecule has 0 saturated carbocycles. The summed E-state index contributed by atoms with van der Waals surface area (Å²) in [6.45, 7) is 1.98. The highest BCUT2D eigenvalue weighted by molar-refractivity contribution is 6.08. The summed E-state index contributed by atoms with van der Waals surface area (Å²) in [5.41, 5.74) is 1.29. The first kappa shape index (κ1) is 11.1. The van der Waals surface area contributed by atoms with Crippen molar-refractivity contribution < 1.29 is 0 Å². The molecule has 1 aliphatic carbocycles. The Morgan fingerprint density at radius 1 is 1.31 bits per heavy atom. The summed E-state index contributed by atoms with van der Waals surface area (Å²) in [5, 5.41) is 0. The molecule has 0 bridgehead atoms. The van der Waals surface area contributed by atoms with Crippen LogP contribution in [-0.4, -0.2) is 36.7 Å². The normalized spacial score (nSPS) is 29.9. The van der Waals surface area contributed by atoms with Crippen molar-refractivity contribution >= 4 is 11.7 Å². The molecule has 16 heavy (non-hydrogen) atoms. The van der Waals surface area contributed by atoms with Gasteiger partial charge in [0.05, 0.1) is 6.04 Å². The van der Waals surface area contributed by atoms with E-state index in [1.807, 2.05) is 21.0 Å². The summed E-state index contributed by atoms with van der Waals surface area (Å²) in [7, 11) is 4.09. The molecular weight excluding hydrogens is 198 g/mol. The zero-order valence-corrected chi connectivity index (χ0v) is 10.3. The van der Waals surface area contributed by atoms with Gasteiger partial charge in [-0.2, -0.15) is 0 Å². The van der Waals surface area contributed by atoms with E-state index in [1.54, 1.807) is 0 Å². The van der Waals surface area contributed by atoms with Crippen LogP contribution in [0.4, 0.5) is 0 Å². The zero-order valence-electron chi connectivity index (χ0n) is 10.3. The number of hydrogen-bond donors (Lipinski definition) is 0. The largest absolute Gasteiger partial charge is 0.362 e. The van der Waals surface area contributed by atoms with E-state index in [0.29, 0.717) is 6.04 Å². The molecule has 1 atom stereocenters. The number of nitrogens with zero attached hydrogens (tertiary/aromatic N) is 3. The SMILES string of the molecule is CC1=NC2CC/C=C\C/C=C\2C(N(C)C)=N1. The molecule has 0 fully saturated rings. The molecule has 0 N–H and O–H groups in total. The summed E-state index contributed by atoms with van der Waals surface area (Å²) < 4.78 is 0. The van der Waals surface area contributed by atoms with Crippen LogP contribution in [0.3, 0.4) is 0 Å². The summed E-state index contributed by atoms with van der Waals surface area (Å²) in [4.78, 5) is 11.3. The summed E-state index contributed by atoms with van der Waals surface area (Å²) in [5.74, 6) is 1.98. The fraction of sp³-hybridized carbons (Fsp3) is 0.538. The maximum atomic E-state index is 4.64. The molecule has 0 spiro atoms. The number of fused-ring (bicyclic) bond motifs is 1. The van der Waals surface area contributed by atoms with E-state index in [1.165, 1.54) is 5.57 Å². The van der Waals surface area contributed by atoms with Gasteiger partial charge in [0.15, 0.2) is 0 Å². The van der Waals surface area contributed by atoms with E-state index in [0.717, 1.165) is 30.9 Å². The molecule has 2 aliphatic rings. The van der Waals surface area contributed by atoms with Gasteiger partial charge in [0, 0.05) is 19.7 Å². The highest BCUT2D eigenvalue weighted by Gasteiger charge is 2.23. The van der Waals surface area contributed by atoms with E-state index < -0.39 is 0 Å². The van der Waals surface area contributed by atoms with Gasteiger partial charge in [0.25, 0.3) is 0 Å². The first-order chi connectivity index (χ1) is 7.68. The van der Waals surface area contributed by atoms with Gasteiger partial charge in [-0.1, -0.05) is 18.2 Å². The smallest absolute Gasteiger partial charge is 0.135 e. The molecule has 1 unspecified atom stereocenters. The van der Waals surface area contributed by atoms with Gasteiger partial charge < -0.3 is 4.90 Å². The maximum Gasteiger partial charge on any atom is 0.135 e. The van der Waals surface area contributed by atoms with Crippen LogP contribution in [0.15, 0.2) is 33.8 Å². The summed E-state index contributed by atoms with van der Waals surface area (Å²) in [6.07, 6.45) is 9.93. The van der Waals surface area contributed by atoms with E-state index >= 15 is 0 Å². The third-order valence-corrected chi connectivity index (χ3v) is 2.90. The minimum atomic E-state index is 0.305. The molecule has 3 heteroatoms. The van der Waals surface area contributed by atoms with Gasteiger partial charge in [-0.05, 0) is 26.2 Å². The molecule has 2 rings (SSSR count). The Labute approximate surface area is 97.3 Å². The predicted molar refractivity (Wildman–Crippen MR) is 69.1 cm³/mol. The first-order valence-corrected chi connectivity index (χ1v) is 5.84. The third-order valence-electron chi connectivity index (χ3n) is 2.90. The molecule has 86 valence electrons. The molecule has 0 saturated heterocycles. The summed E-state index contributed by atoms with van der Waals surface area (Å²) >= 11 is 0. The number of rotatable bonds is 0. The van der Waals surface area contributed by atoms with Crippen molar-refractivity contribution in [3.63, 3.8) is 0 Å². The Bertz CT molecular complexity index is 386. The van der Waals surface area contributed by atoms with Crippen LogP contribution >= 0.6 is 0 Å². The van der Waals surface area contributed by atoms with Gasteiger partial charge >= 0.3 is 0 Å². The highest BCUT2D eigenvalue weighted by Crippen LogP contribution is 2.23.